The molecule has 0 amide bonds. The number of carbonyl (C=O) groups is 1. The maximum atomic E-state index is 11.5. The van der Waals surface area contributed by atoms with Gasteiger partial charge in [-0.25, -0.2) is 0 Å². The lowest BCUT2D eigenvalue weighted by Crippen LogP contribution is -2.18. The number of methoxy groups -OCH3 is 1. The van der Waals surface area contributed by atoms with Crippen molar-refractivity contribution >= 4 is 5.97 Å². The molecule has 0 aliphatic heterocycles. The van der Waals surface area contributed by atoms with Crippen molar-refractivity contribution in [2.75, 3.05) is 7.11 Å². The van der Waals surface area contributed by atoms with Crippen LogP contribution in [0.3, 0.4) is 0 Å². The molecule has 0 radical (unpaired) electrons. The number of aromatic amines is 1. The average Bonchev–Trinajstić information content (AvgIpc) is 2.57. The molecular formula is C9H10N2O2. The number of rotatable bonds is 1. The van der Waals surface area contributed by atoms with Crippen LogP contribution in [0.4, 0.5) is 0 Å². The summed E-state index contributed by atoms with van der Waals surface area (Å²) < 4.78 is 4.81. The van der Waals surface area contributed by atoms with E-state index in [-0.39, 0.29) is 11.4 Å². The number of H-pyrrole nitrogens is 1. The normalized spacial score (nSPS) is 33.8. The third kappa shape index (κ3) is 0.669. The van der Waals surface area contributed by atoms with Gasteiger partial charge in [0.05, 0.1) is 18.7 Å². The summed E-state index contributed by atoms with van der Waals surface area (Å²) in [6, 6.07) is 0. The quantitative estimate of drug-likeness (QED) is 0.641. The lowest BCUT2D eigenvalue weighted by molar-refractivity contribution is -0.147. The van der Waals surface area contributed by atoms with Crippen molar-refractivity contribution in [3.63, 3.8) is 0 Å². The molecule has 1 saturated carbocycles. The first-order valence-electron chi connectivity index (χ1n) is 4.38. The Morgan fingerprint density at radius 3 is 3.38 bits per heavy atom. The number of ether oxygens (including phenoxy) is 1. The predicted octanol–water partition coefficient (Wildman–Crippen LogP) is 0.612. The fourth-order valence-corrected chi connectivity index (χ4v) is 2.48. The van der Waals surface area contributed by atoms with Crippen molar-refractivity contribution in [2.45, 2.75) is 18.8 Å². The molecule has 2 aliphatic rings. The van der Waals surface area contributed by atoms with Gasteiger partial charge in [-0.15, -0.1) is 0 Å². The number of hydrogen-bond acceptors (Lipinski definition) is 3. The van der Waals surface area contributed by atoms with Gasteiger partial charge >= 0.3 is 5.97 Å². The van der Waals surface area contributed by atoms with E-state index >= 15 is 0 Å². The van der Waals surface area contributed by atoms with E-state index in [0.717, 1.165) is 18.5 Å². The second-order valence-electron chi connectivity index (χ2n) is 3.89. The van der Waals surface area contributed by atoms with Crippen LogP contribution < -0.4 is 0 Å². The second-order valence-corrected chi connectivity index (χ2v) is 3.89. The number of aromatic nitrogens is 2. The standard InChI is InChI=1S/C9H10N2O2/c1-13-8(12)9-2-5-4-10-11-7(5)6(9)3-9/h4,6H,2-3H2,1H3,(H,10,11)/t6-,9+/m0/s1. The largest absolute Gasteiger partial charge is 0.469 e. The molecule has 0 aromatic carbocycles. The van der Waals surface area contributed by atoms with E-state index in [1.54, 1.807) is 0 Å². The van der Waals surface area contributed by atoms with Crippen molar-refractivity contribution in [3.05, 3.63) is 17.5 Å². The summed E-state index contributed by atoms with van der Waals surface area (Å²) in [5.41, 5.74) is 2.10. The molecule has 1 aromatic rings. The zero-order chi connectivity index (χ0) is 9.05. The van der Waals surface area contributed by atoms with Crippen molar-refractivity contribution in [2.24, 2.45) is 5.41 Å². The van der Waals surface area contributed by atoms with Crippen LogP contribution in [0.1, 0.15) is 23.6 Å². The van der Waals surface area contributed by atoms with Gasteiger partial charge in [-0.1, -0.05) is 0 Å². The summed E-state index contributed by atoms with van der Waals surface area (Å²) in [5, 5.41) is 6.92. The SMILES string of the molecule is COC(=O)[C@@]12Cc3cn[nH]c3[C@@H]1C2. The molecule has 4 heteroatoms. The molecule has 0 bridgehead atoms. The maximum absolute atomic E-state index is 11.5. The Labute approximate surface area is 75.3 Å². The van der Waals surface area contributed by atoms with Gasteiger partial charge in [0.15, 0.2) is 0 Å². The molecule has 2 atom stereocenters. The number of hydrogen-bond donors (Lipinski definition) is 1. The van der Waals surface area contributed by atoms with Crippen molar-refractivity contribution in [1.29, 1.82) is 0 Å². The Kier molecular flexibility index (Phi) is 1.07. The van der Waals surface area contributed by atoms with Gasteiger partial charge in [0.2, 0.25) is 0 Å². The van der Waals surface area contributed by atoms with Crippen LogP contribution in [0.15, 0.2) is 6.20 Å². The summed E-state index contributed by atoms with van der Waals surface area (Å²) in [5.74, 6) is 0.277. The topological polar surface area (TPSA) is 55.0 Å². The zero-order valence-electron chi connectivity index (χ0n) is 7.33. The monoisotopic (exact) mass is 178 g/mol. The lowest BCUT2D eigenvalue weighted by atomic mass is 10.0. The summed E-state index contributed by atoms with van der Waals surface area (Å²) in [7, 11) is 1.46. The van der Waals surface area contributed by atoms with Crippen LogP contribution >= 0.6 is 0 Å². The highest BCUT2D eigenvalue weighted by Gasteiger charge is 2.66. The molecular weight excluding hydrogens is 168 g/mol. The predicted molar refractivity (Wildman–Crippen MR) is 44.1 cm³/mol. The Morgan fingerprint density at radius 2 is 2.69 bits per heavy atom. The third-order valence-electron chi connectivity index (χ3n) is 3.27. The Hall–Kier alpha value is -1.32. The van der Waals surface area contributed by atoms with Gasteiger partial charge in [-0.3, -0.25) is 9.89 Å². The van der Waals surface area contributed by atoms with Crippen LogP contribution in [0.25, 0.3) is 0 Å². The maximum Gasteiger partial charge on any atom is 0.312 e. The lowest BCUT2D eigenvalue weighted by Gasteiger charge is -2.07. The van der Waals surface area contributed by atoms with Gasteiger partial charge in [0.25, 0.3) is 0 Å². The minimum absolute atomic E-state index is 0.0675. The van der Waals surface area contributed by atoms with Gasteiger partial charge in [0.1, 0.15) is 0 Å². The minimum Gasteiger partial charge on any atom is -0.469 e. The van der Waals surface area contributed by atoms with Crippen LogP contribution in [-0.4, -0.2) is 23.3 Å². The molecule has 1 heterocycles. The number of carbonyl (C=O) groups excluding carboxylic acids is 1. The summed E-state index contributed by atoms with van der Waals surface area (Å²) in [6.45, 7) is 0. The van der Waals surface area contributed by atoms with Gasteiger partial charge in [-0.2, -0.15) is 5.10 Å². The van der Waals surface area contributed by atoms with E-state index in [1.165, 1.54) is 12.7 Å². The molecule has 1 fully saturated rings. The highest BCUT2D eigenvalue weighted by Crippen LogP contribution is 2.66. The fourth-order valence-electron chi connectivity index (χ4n) is 2.48. The molecule has 0 unspecified atom stereocenters. The first-order valence-corrected chi connectivity index (χ1v) is 4.38. The van der Waals surface area contributed by atoms with E-state index in [2.05, 4.69) is 10.2 Å². The molecule has 0 spiro atoms. The highest BCUT2D eigenvalue weighted by atomic mass is 16.5. The molecule has 3 rings (SSSR count). The van der Waals surface area contributed by atoms with E-state index in [0.29, 0.717) is 5.92 Å². The van der Waals surface area contributed by atoms with Gasteiger partial charge in [-0.05, 0) is 18.4 Å². The highest BCUT2D eigenvalue weighted by molar-refractivity contribution is 5.84. The third-order valence-corrected chi connectivity index (χ3v) is 3.27. The molecule has 2 aliphatic carbocycles. The molecule has 4 nitrogen and oxygen atoms in total. The molecule has 68 valence electrons. The minimum atomic E-state index is -0.223. The Morgan fingerprint density at radius 1 is 1.85 bits per heavy atom. The van der Waals surface area contributed by atoms with Gasteiger partial charge < -0.3 is 4.74 Å². The van der Waals surface area contributed by atoms with Crippen LogP contribution in [-0.2, 0) is 16.0 Å². The van der Waals surface area contributed by atoms with E-state index in [1.807, 2.05) is 6.20 Å². The van der Waals surface area contributed by atoms with E-state index in [9.17, 15) is 4.79 Å². The van der Waals surface area contributed by atoms with Crippen LogP contribution in [0.2, 0.25) is 0 Å². The summed E-state index contributed by atoms with van der Waals surface area (Å²) >= 11 is 0. The van der Waals surface area contributed by atoms with Gasteiger partial charge in [0, 0.05) is 11.6 Å². The Bertz CT molecular complexity index is 385. The first-order chi connectivity index (χ1) is 6.28. The van der Waals surface area contributed by atoms with E-state index in [4.69, 9.17) is 4.74 Å². The molecule has 1 aromatic heterocycles. The zero-order valence-corrected chi connectivity index (χ0v) is 7.33. The van der Waals surface area contributed by atoms with Crippen molar-refractivity contribution < 1.29 is 9.53 Å². The summed E-state index contributed by atoms with van der Waals surface area (Å²) in [6.07, 6.45) is 3.54. The molecule has 13 heavy (non-hydrogen) atoms. The van der Waals surface area contributed by atoms with Crippen molar-refractivity contribution in [1.82, 2.24) is 10.2 Å². The van der Waals surface area contributed by atoms with Crippen LogP contribution in [0.5, 0.6) is 0 Å². The second kappa shape index (κ2) is 1.95. The Balaban J connectivity index is 1.98. The first kappa shape index (κ1) is 7.12. The molecule has 0 saturated heterocycles. The van der Waals surface area contributed by atoms with Crippen molar-refractivity contribution in [3.8, 4) is 0 Å². The number of nitrogens with zero attached hydrogens (tertiary/aromatic N) is 1. The fraction of sp³-hybridized carbons (Fsp3) is 0.556. The number of esters is 1. The van der Waals surface area contributed by atoms with Crippen LogP contribution in [0, 0.1) is 5.41 Å². The summed E-state index contributed by atoms with van der Waals surface area (Å²) in [4.78, 5) is 11.5. The van der Waals surface area contributed by atoms with E-state index < -0.39 is 0 Å². The number of fused-ring (bicyclic) bond motifs is 3. The number of nitrogens with one attached hydrogen (secondary N) is 1. The molecule has 1 N–H and O–H groups in total. The average molecular weight is 178 g/mol. The smallest absolute Gasteiger partial charge is 0.312 e.